The summed E-state index contributed by atoms with van der Waals surface area (Å²) in [6, 6.07) is 0. The van der Waals surface area contributed by atoms with Crippen molar-refractivity contribution in [3.8, 4) is 0 Å². The predicted octanol–water partition coefficient (Wildman–Crippen LogP) is 2.54. The molecule has 0 aromatic carbocycles. The zero-order chi connectivity index (χ0) is 7.49. The first kappa shape index (κ1) is 9.60. The topological polar surface area (TPSA) is 26.3 Å². The smallest absolute Gasteiger partial charge is 0.238 e. The van der Waals surface area contributed by atoms with Crippen LogP contribution in [0.1, 0.15) is 13.8 Å². The Morgan fingerprint density at radius 3 is 2.44 bits per heavy atom. The molecule has 5 heteroatoms. The maximum Gasteiger partial charge on any atom is 0.238 e. The van der Waals surface area contributed by atoms with E-state index in [1.165, 1.54) is 6.92 Å². The molecule has 0 N–H and O–H groups in total. The second-order valence-electron chi connectivity index (χ2n) is 1.61. The van der Waals surface area contributed by atoms with Gasteiger partial charge in [0, 0.05) is 0 Å². The van der Waals surface area contributed by atoms with Crippen LogP contribution >= 0.6 is 24.0 Å². The highest BCUT2D eigenvalue weighted by Gasteiger charge is 2.26. The second-order valence-corrected chi connectivity index (χ2v) is 5.63. The van der Waals surface area contributed by atoms with E-state index < -0.39 is 12.3 Å². The highest BCUT2D eigenvalue weighted by Crippen LogP contribution is 2.45. The highest BCUT2D eigenvalue weighted by molar-refractivity contribution is 9.11. The van der Waals surface area contributed by atoms with E-state index >= 15 is 0 Å². The molecule has 0 fully saturated rings. The van der Waals surface area contributed by atoms with Crippen molar-refractivity contribution in [2.24, 2.45) is 0 Å². The summed E-state index contributed by atoms with van der Waals surface area (Å²) in [4.78, 5) is 0. The third-order valence-electron chi connectivity index (χ3n) is 0.634. The van der Waals surface area contributed by atoms with Gasteiger partial charge in [-0.3, -0.25) is 4.57 Å². The second kappa shape index (κ2) is 3.69. The zero-order valence-corrected chi connectivity index (χ0v) is 7.87. The van der Waals surface area contributed by atoms with Crippen LogP contribution in [-0.4, -0.2) is 10.9 Å². The lowest BCUT2D eigenvalue weighted by molar-refractivity contribution is 0.308. The molecule has 56 valence electrons. The molecule has 0 saturated heterocycles. The maximum atomic E-state index is 12.5. The molecule has 0 aromatic heterocycles. The normalized spacial score (nSPS) is 20.9. The van der Waals surface area contributed by atoms with E-state index in [0.29, 0.717) is 0 Å². The van der Waals surface area contributed by atoms with Gasteiger partial charge in [0.15, 0.2) is 0 Å². The molecule has 0 aliphatic heterocycles. The van der Waals surface area contributed by atoms with E-state index in [0.717, 1.165) is 0 Å². The van der Waals surface area contributed by atoms with E-state index in [1.807, 2.05) is 0 Å². The van der Waals surface area contributed by atoms with Crippen molar-refractivity contribution in [3.63, 3.8) is 0 Å². The van der Waals surface area contributed by atoms with E-state index in [-0.39, 0.29) is 6.61 Å². The van der Waals surface area contributed by atoms with Crippen LogP contribution in [0.25, 0.3) is 0 Å². The Morgan fingerprint density at radius 1 is 1.89 bits per heavy atom. The van der Waals surface area contributed by atoms with Crippen LogP contribution in [0.3, 0.4) is 0 Å². The molecule has 0 aromatic rings. The number of rotatable bonds is 3. The van der Waals surface area contributed by atoms with E-state index in [1.54, 1.807) is 6.92 Å². The quantitative estimate of drug-likeness (QED) is 0.538. The van der Waals surface area contributed by atoms with Crippen LogP contribution in [0, 0.1) is 0 Å². The van der Waals surface area contributed by atoms with Gasteiger partial charge < -0.3 is 4.52 Å². The van der Waals surface area contributed by atoms with Gasteiger partial charge in [0.05, 0.1) is 6.61 Å². The summed E-state index contributed by atoms with van der Waals surface area (Å²) in [5, 5.41) is 0. The molecule has 0 radical (unpaired) electrons. The van der Waals surface area contributed by atoms with E-state index in [9.17, 15) is 8.96 Å². The summed E-state index contributed by atoms with van der Waals surface area (Å²) >= 11 is 2.59. The number of alkyl halides is 2. The Morgan fingerprint density at radius 2 is 2.33 bits per heavy atom. The van der Waals surface area contributed by atoms with Gasteiger partial charge in [0.25, 0.3) is 0 Å². The lowest BCUT2D eigenvalue weighted by atomic mass is 10.9. The third-order valence-corrected chi connectivity index (χ3v) is 2.87. The average molecular weight is 219 g/mol. The fourth-order valence-electron chi connectivity index (χ4n) is 0.258. The molecular formula is C4H9BrFO2P. The molecule has 0 aliphatic carbocycles. The van der Waals surface area contributed by atoms with Gasteiger partial charge in [0.2, 0.25) is 12.3 Å². The minimum absolute atomic E-state index is 0.281. The van der Waals surface area contributed by atoms with Crippen molar-refractivity contribution in [2.75, 3.05) is 6.61 Å². The lowest BCUT2D eigenvalue weighted by Gasteiger charge is -2.10. The molecule has 0 aliphatic rings. The summed E-state index contributed by atoms with van der Waals surface area (Å²) in [6.07, 6.45) is 0. The summed E-state index contributed by atoms with van der Waals surface area (Å²) in [7, 11) is -2.56. The molecule has 0 rings (SSSR count). The van der Waals surface area contributed by atoms with Crippen molar-refractivity contribution in [1.82, 2.24) is 0 Å². The van der Waals surface area contributed by atoms with Crippen LogP contribution in [0.5, 0.6) is 0 Å². The first-order chi connectivity index (χ1) is 3.98. The number of hydrogen-bond acceptors (Lipinski definition) is 2. The molecule has 0 spiro atoms. The molecule has 2 nitrogen and oxygen atoms in total. The van der Waals surface area contributed by atoms with Crippen LogP contribution < -0.4 is 0 Å². The Balaban J connectivity index is 3.74. The monoisotopic (exact) mass is 218 g/mol. The van der Waals surface area contributed by atoms with Crippen LogP contribution in [0.4, 0.5) is 4.39 Å². The third kappa shape index (κ3) is 4.06. The molecule has 0 bridgehead atoms. The van der Waals surface area contributed by atoms with Crippen molar-refractivity contribution >= 4 is 24.0 Å². The fourth-order valence-corrected chi connectivity index (χ4v) is 1.12. The number of halogens is 2. The van der Waals surface area contributed by atoms with Crippen molar-refractivity contribution < 1.29 is 13.5 Å². The molecule has 0 amide bonds. The van der Waals surface area contributed by atoms with Crippen molar-refractivity contribution in [1.29, 1.82) is 0 Å². The molecule has 0 saturated carbocycles. The van der Waals surface area contributed by atoms with Crippen LogP contribution in [0.2, 0.25) is 0 Å². The summed E-state index contributed by atoms with van der Waals surface area (Å²) < 4.78 is 25.8. The molecule has 0 heterocycles. The van der Waals surface area contributed by atoms with Gasteiger partial charge in [-0.2, -0.15) is 0 Å². The van der Waals surface area contributed by atoms with Gasteiger partial charge in [-0.05, 0) is 29.8 Å². The first-order valence-corrected chi connectivity index (χ1v) is 4.64. The SMILES string of the molecule is CCO[PH](=O)C(C)(F)Br. The minimum Gasteiger partial charge on any atom is -0.328 e. The number of hydrogen-bond donors (Lipinski definition) is 0. The molecule has 2 atom stereocenters. The van der Waals surface area contributed by atoms with Gasteiger partial charge in [0.1, 0.15) is 0 Å². The standard InChI is InChI=1S/C4H9BrFO2P/c1-3-8-9(7)4(2,5)6/h9H,3H2,1-2H3. The summed E-state index contributed by atoms with van der Waals surface area (Å²) in [5.74, 6) is 0. The fraction of sp³-hybridized carbons (Fsp3) is 1.00. The lowest BCUT2D eigenvalue weighted by Crippen LogP contribution is -2.00. The van der Waals surface area contributed by atoms with Crippen molar-refractivity contribution in [2.45, 2.75) is 18.2 Å². The Kier molecular flexibility index (Phi) is 3.94. The van der Waals surface area contributed by atoms with Crippen LogP contribution in [0.15, 0.2) is 0 Å². The van der Waals surface area contributed by atoms with Crippen LogP contribution in [-0.2, 0) is 9.09 Å². The zero-order valence-electron chi connectivity index (χ0n) is 5.28. The van der Waals surface area contributed by atoms with Gasteiger partial charge in [-0.15, -0.1) is 0 Å². The predicted molar refractivity (Wildman–Crippen MR) is 39.1 cm³/mol. The largest absolute Gasteiger partial charge is 0.328 e. The Bertz CT molecular complexity index is 112. The highest BCUT2D eigenvalue weighted by atomic mass is 79.9. The van der Waals surface area contributed by atoms with Crippen molar-refractivity contribution in [3.05, 3.63) is 0 Å². The van der Waals surface area contributed by atoms with Gasteiger partial charge >= 0.3 is 0 Å². The molecule has 2 unspecified atom stereocenters. The Hall–Kier alpha value is 0.600. The minimum atomic E-state index is -2.56. The van der Waals surface area contributed by atoms with E-state index in [4.69, 9.17) is 0 Å². The van der Waals surface area contributed by atoms with Gasteiger partial charge in [-0.25, -0.2) is 4.39 Å². The average Bonchev–Trinajstić information content (AvgIpc) is 1.64. The van der Waals surface area contributed by atoms with Gasteiger partial charge in [-0.1, -0.05) is 0 Å². The summed E-state index contributed by atoms with van der Waals surface area (Å²) in [6.45, 7) is 3.12. The molecule has 9 heavy (non-hydrogen) atoms. The molecular weight excluding hydrogens is 210 g/mol. The Labute approximate surface area is 62.8 Å². The van der Waals surface area contributed by atoms with E-state index in [2.05, 4.69) is 20.5 Å². The maximum absolute atomic E-state index is 12.5. The summed E-state index contributed by atoms with van der Waals surface area (Å²) in [5.41, 5.74) is 0. The first-order valence-electron chi connectivity index (χ1n) is 2.53.